The number of ether oxygens (including phenoxy) is 1. The molecular formula is C14H17ClO4. The van der Waals surface area contributed by atoms with E-state index in [2.05, 4.69) is 0 Å². The Balaban J connectivity index is 2.66. The van der Waals surface area contributed by atoms with E-state index in [1.54, 1.807) is 26.8 Å². The van der Waals surface area contributed by atoms with Gasteiger partial charge in [-0.15, -0.1) is 0 Å². The summed E-state index contributed by atoms with van der Waals surface area (Å²) in [7, 11) is 0. The van der Waals surface area contributed by atoms with E-state index < -0.39 is 11.6 Å². The van der Waals surface area contributed by atoms with Gasteiger partial charge in [0.05, 0.1) is 10.6 Å². The minimum absolute atomic E-state index is 0.0448. The van der Waals surface area contributed by atoms with Crippen LogP contribution in [0.1, 0.15) is 43.1 Å². The number of carbonyl (C=O) groups is 2. The Morgan fingerprint density at radius 3 is 2.47 bits per heavy atom. The molecule has 0 saturated heterocycles. The molecule has 0 aromatic heterocycles. The van der Waals surface area contributed by atoms with Crippen molar-refractivity contribution in [3.63, 3.8) is 0 Å². The third kappa shape index (κ3) is 5.30. The van der Waals surface area contributed by atoms with Gasteiger partial charge in [0.1, 0.15) is 5.60 Å². The summed E-state index contributed by atoms with van der Waals surface area (Å²) in [5.74, 6) is -1.39. The molecule has 0 atom stereocenters. The van der Waals surface area contributed by atoms with E-state index in [0.717, 1.165) is 5.56 Å². The van der Waals surface area contributed by atoms with Crippen molar-refractivity contribution in [1.29, 1.82) is 0 Å². The number of rotatable bonds is 4. The van der Waals surface area contributed by atoms with E-state index in [1.807, 2.05) is 0 Å². The monoisotopic (exact) mass is 284 g/mol. The highest BCUT2D eigenvalue weighted by Gasteiger charge is 2.16. The molecule has 1 aromatic rings. The number of carboxylic acids is 1. The van der Waals surface area contributed by atoms with Crippen molar-refractivity contribution in [2.75, 3.05) is 0 Å². The van der Waals surface area contributed by atoms with Crippen LogP contribution in [-0.2, 0) is 16.0 Å². The molecule has 1 aromatic carbocycles. The van der Waals surface area contributed by atoms with Crippen LogP contribution in [0, 0.1) is 0 Å². The standard InChI is InChI=1S/C14H17ClO4/c1-14(2,3)19-12(16)7-5-9-4-6-11(15)10(8-9)13(17)18/h4,6,8H,5,7H2,1-3H3,(H,17,18). The van der Waals surface area contributed by atoms with Gasteiger partial charge in [0.2, 0.25) is 0 Å². The van der Waals surface area contributed by atoms with Gasteiger partial charge in [0, 0.05) is 6.42 Å². The molecule has 0 heterocycles. The number of aromatic carboxylic acids is 1. The number of halogens is 1. The van der Waals surface area contributed by atoms with Crippen LogP contribution in [0.5, 0.6) is 0 Å². The Morgan fingerprint density at radius 2 is 1.95 bits per heavy atom. The van der Waals surface area contributed by atoms with Crippen LogP contribution in [0.3, 0.4) is 0 Å². The van der Waals surface area contributed by atoms with Gasteiger partial charge in [-0.05, 0) is 44.9 Å². The van der Waals surface area contributed by atoms with Gasteiger partial charge in [-0.3, -0.25) is 4.79 Å². The largest absolute Gasteiger partial charge is 0.478 e. The Labute approximate surface area is 117 Å². The minimum Gasteiger partial charge on any atom is -0.478 e. The zero-order chi connectivity index (χ0) is 14.6. The van der Waals surface area contributed by atoms with E-state index in [0.29, 0.717) is 6.42 Å². The zero-order valence-corrected chi connectivity index (χ0v) is 12.0. The fourth-order valence-corrected chi connectivity index (χ4v) is 1.73. The van der Waals surface area contributed by atoms with Gasteiger partial charge < -0.3 is 9.84 Å². The van der Waals surface area contributed by atoms with Crippen molar-refractivity contribution in [1.82, 2.24) is 0 Å². The van der Waals surface area contributed by atoms with Crippen LogP contribution in [-0.4, -0.2) is 22.6 Å². The third-order valence-corrected chi connectivity index (χ3v) is 2.63. The summed E-state index contributed by atoms with van der Waals surface area (Å²) < 4.78 is 5.18. The van der Waals surface area contributed by atoms with Crippen molar-refractivity contribution in [3.8, 4) is 0 Å². The van der Waals surface area contributed by atoms with Gasteiger partial charge in [-0.25, -0.2) is 4.79 Å². The minimum atomic E-state index is -1.08. The molecule has 0 saturated carbocycles. The highest BCUT2D eigenvalue weighted by molar-refractivity contribution is 6.33. The van der Waals surface area contributed by atoms with Gasteiger partial charge in [0.25, 0.3) is 0 Å². The summed E-state index contributed by atoms with van der Waals surface area (Å²) in [4.78, 5) is 22.5. The number of benzene rings is 1. The second kappa shape index (κ2) is 6.06. The predicted octanol–water partition coefficient (Wildman–Crippen LogP) is 3.31. The van der Waals surface area contributed by atoms with Crippen LogP contribution >= 0.6 is 11.6 Å². The molecular weight excluding hydrogens is 268 g/mol. The van der Waals surface area contributed by atoms with E-state index in [1.165, 1.54) is 12.1 Å². The van der Waals surface area contributed by atoms with Gasteiger partial charge in [-0.2, -0.15) is 0 Å². The molecule has 0 fully saturated rings. The van der Waals surface area contributed by atoms with Crippen LogP contribution < -0.4 is 0 Å². The summed E-state index contributed by atoms with van der Waals surface area (Å²) in [6, 6.07) is 4.71. The molecule has 4 nitrogen and oxygen atoms in total. The molecule has 1 N–H and O–H groups in total. The zero-order valence-electron chi connectivity index (χ0n) is 11.2. The lowest BCUT2D eigenvalue weighted by Gasteiger charge is -2.19. The highest BCUT2D eigenvalue weighted by atomic mass is 35.5. The molecule has 0 aliphatic carbocycles. The molecule has 0 aliphatic rings. The van der Waals surface area contributed by atoms with Gasteiger partial charge >= 0.3 is 11.9 Å². The van der Waals surface area contributed by atoms with E-state index in [4.69, 9.17) is 21.4 Å². The molecule has 1 rings (SSSR count). The molecule has 0 aliphatic heterocycles. The van der Waals surface area contributed by atoms with Crippen molar-refractivity contribution < 1.29 is 19.4 Å². The fraction of sp³-hybridized carbons (Fsp3) is 0.429. The first-order valence-corrected chi connectivity index (χ1v) is 6.30. The maximum atomic E-state index is 11.6. The molecule has 0 radical (unpaired) electrons. The summed E-state index contributed by atoms with van der Waals surface area (Å²) in [5.41, 5.74) is 0.277. The highest BCUT2D eigenvalue weighted by Crippen LogP contribution is 2.19. The summed E-state index contributed by atoms with van der Waals surface area (Å²) in [6.07, 6.45) is 0.629. The Bertz CT molecular complexity index is 489. The van der Waals surface area contributed by atoms with Crippen molar-refractivity contribution in [2.45, 2.75) is 39.2 Å². The number of hydrogen-bond acceptors (Lipinski definition) is 3. The second-order valence-electron chi connectivity index (χ2n) is 5.21. The molecule has 0 spiro atoms. The number of esters is 1. The first kappa shape index (κ1) is 15.5. The molecule has 0 amide bonds. The maximum absolute atomic E-state index is 11.6. The van der Waals surface area contributed by atoms with Crippen LogP contribution in [0.15, 0.2) is 18.2 Å². The summed E-state index contributed by atoms with van der Waals surface area (Å²) in [5, 5.41) is 9.13. The summed E-state index contributed by atoms with van der Waals surface area (Å²) >= 11 is 5.77. The normalized spacial score (nSPS) is 11.2. The van der Waals surface area contributed by atoms with Crippen LogP contribution in [0.25, 0.3) is 0 Å². The van der Waals surface area contributed by atoms with Gasteiger partial charge in [-0.1, -0.05) is 17.7 Å². The third-order valence-electron chi connectivity index (χ3n) is 2.30. The lowest BCUT2D eigenvalue weighted by atomic mass is 10.1. The SMILES string of the molecule is CC(C)(C)OC(=O)CCc1ccc(Cl)c(C(=O)O)c1. The molecule has 104 valence electrons. The first-order valence-electron chi connectivity index (χ1n) is 5.92. The quantitative estimate of drug-likeness (QED) is 0.862. The molecule has 19 heavy (non-hydrogen) atoms. The predicted molar refractivity (Wildman–Crippen MR) is 72.6 cm³/mol. The van der Waals surface area contributed by atoms with Crippen molar-refractivity contribution >= 4 is 23.5 Å². The number of hydrogen-bond donors (Lipinski definition) is 1. The van der Waals surface area contributed by atoms with Crippen molar-refractivity contribution in [3.05, 3.63) is 34.3 Å². The molecule has 5 heteroatoms. The maximum Gasteiger partial charge on any atom is 0.337 e. The Kier molecular flexibility index (Phi) is 4.95. The number of aryl methyl sites for hydroxylation is 1. The fourth-order valence-electron chi connectivity index (χ4n) is 1.53. The lowest BCUT2D eigenvalue weighted by molar-refractivity contribution is -0.154. The smallest absolute Gasteiger partial charge is 0.337 e. The van der Waals surface area contributed by atoms with Crippen LogP contribution in [0.4, 0.5) is 0 Å². The number of carboxylic acid groups (broad SMARTS) is 1. The number of carbonyl (C=O) groups excluding carboxylic acids is 1. The average molecular weight is 285 g/mol. The lowest BCUT2D eigenvalue weighted by Crippen LogP contribution is -2.24. The topological polar surface area (TPSA) is 63.6 Å². The van der Waals surface area contributed by atoms with Crippen molar-refractivity contribution in [2.24, 2.45) is 0 Å². The van der Waals surface area contributed by atoms with Crippen LogP contribution in [0.2, 0.25) is 5.02 Å². The van der Waals surface area contributed by atoms with Gasteiger partial charge in [0.15, 0.2) is 0 Å². The Hall–Kier alpha value is -1.55. The summed E-state index contributed by atoms with van der Waals surface area (Å²) in [6.45, 7) is 5.40. The second-order valence-corrected chi connectivity index (χ2v) is 5.61. The van der Waals surface area contributed by atoms with E-state index in [-0.39, 0.29) is 23.0 Å². The average Bonchev–Trinajstić information content (AvgIpc) is 2.25. The van der Waals surface area contributed by atoms with E-state index in [9.17, 15) is 9.59 Å². The van der Waals surface area contributed by atoms with E-state index >= 15 is 0 Å². The first-order chi connectivity index (χ1) is 8.69. The molecule has 0 unspecified atom stereocenters. The Morgan fingerprint density at radius 1 is 1.32 bits per heavy atom. The molecule has 0 bridgehead atoms.